The molecule has 0 saturated heterocycles. The van der Waals surface area contributed by atoms with Crippen LogP contribution in [-0.2, 0) is 4.65 Å². The van der Waals surface area contributed by atoms with Gasteiger partial charge in [0, 0.05) is 26.2 Å². The SMILES string of the molecule is C.Cc1ccc(B(OCCNCCN)c2ccccc2)cc1. The van der Waals surface area contributed by atoms with E-state index in [-0.39, 0.29) is 14.3 Å². The van der Waals surface area contributed by atoms with Crippen LogP contribution in [0.25, 0.3) is 0 Å². The summed E-state index contributed by atoms with van der Waals surface area (Å²) in [4.78, 5) is 0. The number of rotatable bonds is 8. The van der Waals surface area contributed by atoms with Crippen LogP contribution in [0.3, 0.4) is 0 Å². The van der Waals surface area contributed by atoms with Gasteiger partial charge in [0.2, 0.25) is 0 Å². The van der Waals surface area contributed by atoms with E-state index in [1.165, 1.54) is 16.5 Å². The molecule has 0 bridgehead atoms. The average molecular weight is 298 g/mol. The van der Waals surface area contributed by atoms with Crippen LogP contribution in [-0.4, -0.2) is 33.2 Å². The molecule has 2 rings (SSSR count). The minimum atomic E-state index is -0.0218. The lowest BCUT2D eigenvalue weighted by Crippen LogP contribution is -2.46. The molecule has 0 aliphatic carbocycles. The van der Waals surface area contributed by atoms with E-state index in [1.54, 1.807) is 0 Å². The third-order valence-electron chi connectivity index (χ3n) is 3.37. The Hall–Kier alpha value is -1.62. The summed E-state index contributed by atoms with van der Waals surface area (Å²) in [5.74, 6) is 0. The molecule has 22 heavy (non-hydrogen) atoms. The number of aryl methyl sites for hydroxylation is 1. The van der Waals surface area contributed by atoms with Gasteiger partial charge in [0.05, 0.1) is 0 Å². The zero-order valence-electron chi connectivity index (χ0n) is 12.6. The Morgan fingerprint density at radius 1 is 0.955 bits per heavy atom. The standard InChI is InChI=1S/C17H23BN2O.CH4/c1-15-7-9-17(10-8-15)18(16-5-3-2-4-6-16)21-14-13-20-12-11-19;/h2-10,20H,11-14,19H2,1H3;1H4. The fourth-order valence-corrected chi connectivity index (χ4v) is 2.23. The number of benzene rings is 2. The van der Waals surface area contributed by atoms with Gasteiger partial charge in [-0.15, -0.1) is 0 Å². The number of nitrogens with two attached hydrogens (primary N) is 1. The molecule has 0 fully saturated rings. The van der Waals surface area contributed by atoms with Crippen molar-refractivity contribution in [1.29, 1.82) is 0 Å². The van der Waals surface area contributed by atoms with Crippen LogP contribution in [0.4, 0.5) is 0 Å². The molecule has 0 amide bonds. The van der Waals surface area contributed by atoms with Crippen LogP contribution in [0.5, 0.6) is 0 Å². The molecule has 118 valence electrons. The van der Waals surface area contributed by atoms with E-state index in [0.717, 1.165) is 13.1 Å². The van der Waals surface area contributed by atoms with Crippen molar-refractivity contribution in [2.45, 2.75) is 14.4 Å². The molecular formula is C18H27BN2O. The Kier molecular flexibility index (Phi) is 8.52. The molecule has 0 aromatic heterocycles. The lowest BCUT2D eigenvalue weighted by molar-refractivity contribution is 0.329. The van der Waals surface area contributed by atoms with Crippen molar-refractivity contribution >= 4 is 17.8 Å². The van der Waals surface area contributed by atoms with Crippen molar-refractivity contribution in [3.63, 3.8) is 0 Å². The summed E-state index contributed by atoms with van der Waals surface area (Å²) in [7, 11) is 0. The molecular weight excluding hydrogens is 271 g/mol. The Bertz CT molecular complexity index is 516. The van der Waals surface area contributed by atoms with Gasteiger partial charge in [0.1, 0.15) is 0 Å². The normalized spacial score (nSPS) is 10.1. The minimum absolute atomic E-state index is 0. The van der Waals surface area contributed by atoms with E-state index in [2.05, 4.69) is 48.6 Å². The Balaban J connectivity index is 0.00000242. The first kappa shape index (κ1) is 18.4. The first-order valence-corrected chi connectivity index (χ1v) is 7.45. The first-order chi connectivity index (χ1) is 10.3. The molecule has 4 heteroatoms. The third kappa shape index (κ3) is 5.64. The van der Waals surface area contributed by atoms with Crippen molar-refractivity contribution in [2.24, 2.45) is 5.73 Å². The average Bonchev–Trinajstić information content (AvgIpc) is 2.53. The molecule has 2 aromatic carbocycles. The maximum Gasteiger partial charge on any atom is 0.361 e. The van der Waals surface area contributed by atoms with Crippen LogP contribution in [0.1, 0.15) is 13.0 Å². The predicted octanol–water partition coefficient (Wildman–Crippen LogP) is 1.30. The molecule has 0 atom stereocenters. The van der Waals surface area contributed by atoms with E-state index in [9.17, 15) is 0 Å². The molecule has 3 N–H and O–H groups in total. The van der Waals surface area contributed by atoms with Gasteiger partial charge >= 0.3 is 6.92 Å². The quantitative estimate of drug-likeness (QED) is 0.570. The summed E-state index contributed by atoms with van der Waals surface area (Å²) in [5.41, 5.74) is 9.09. The Labute approximate surface area is 135 Å². The van der Waals surface area contributed by atoms with Crippen LogP contribution in [0.2, 0.25) is 0 Å². The maximum atomic E-state index is 6.10. The summed E-state index contributed by atoms with van der Waals surface area (Å²) in [6, 6.07) is 18.9. The monoisotopic (exact) mass is 298 g/mol. The molecule has 0 aliphatic heterocycles. The summed E-state index contributed by atoms with van der Waals surface area (Å²) < 4.78 is 6.10. The second-order valence-corrected chi connectivity index (χ2v) is 5.11. The zero-order valence-corrected chi connectivity index (χ0v) is 12.6. The van der Waals surface area contributed by atoms with Crippen molar-refractivity contribution in [3.05, 3.63) is 60.2 Å². The van der Waals surface area contributed by atoms with Crippen molar-refractivity contribution < 1.29 is 4.65 Å². The van der Waals surface area contributed by atoms with E-state index in [0.29, 0.717) is 13.2 Å². The van der Waals surface area contributed by atoms with Crippen LogP contribution < -0.4 is 22.0 Å². The molecule has 0 unspecified atom stereocenters. The van der Waals surface area contributed by atoms with E-state index < -0.39 is 0 Å². The van der Waals surface area contributed by atoms with E-state index in [1.807, 2.05) is 18.2 Å². The van der Waals surface area contributed by atoms with Crippen molar-refractivity contribution in [2.75, 3.05) is 26.2 Å². The van der Waals surface area contributed by atoms with Gasteiger partial charge in [-0.25, -0.2) is 0 Å². The lowest BCUT2D eigenvalue weighted by atomic mass is 9.55. The van der Waals surface area contributed by atoms with E-state index >= 15 is 0 Å². The van der Waals surface area contributed by atoms with Crippen LogP contribution in [0.15, 0.2) is 54.6 Å². The Morgan fingerprint density at radius 3 is 2.23 bits per heavy atom. The highest BCUT2D eigenvalue weighted by atomic mass is 16.4. The second-order valence-electron chi connectivity index (χ2n) is 5.11. The van der Waals surface area contributed by atoms with Gasteiger partial charge in [-0.3, -0.25) is 0 Å². The highest BCUT2D eigenvalue weighted by Gasteiger charge is 2.20. The molecule has 3 nitrogen and oxygen atoms in total. The number of nitrogens with one attached hydrogen (secondary N) is 1. The van der Waals surface area contributed by atoms with Crippen LogP contribution >= 0.6 is 0 Å². The number of hydrogen-bond donors (Lipinski definition) is 2. The molecule has 2 aromatic rings. The predicted molar refractivity (Wildman–Crippen MR) is 97.3 cm³/mol. The van der Waals surface area contributed by atoms with Gasteiger partial charge in [0.15, 0.2) is 0 Å². The smallest absolute Gasteiger partial charge is 0.361 e. The van der Waals surface area contributed by atoms with Gasteiger partial charge in [-0.1, -0.05) is 67.6 Å². The van der Waals surface area contributed by atoms with Gasteiger partial charge in [-0.2, -0.15) is 0 Å². The lowest BCUT2D eigenvalue weighted by Gasteiger charge is -2.16. The third-order valence-corrected chi connectivity index (χ3v) is 3.37. The van der Waals surface area contributed by atoms with Gasteiger partial charge < -0.3 is 15.7 Å². The molecule has 0 aliphatic rings. The van der Waals surface area contributed by atoms with Crippen molar-refractivity contribution in [3.8, 4) is 0 Å². The molecule has 0 radical (unpaired) electrons. The Morgan fingerprint density at radius 2 is 1.59 bits per heavy atom. The van der Waals surface area contributed by atoms with Gasteiger partial charge in [0.25, 0.3) is 0 Å². The van der Waals surface area contributed by atoms with Crippen molar-refractivity contribution in [1.82, 2.24) is 5.32 Å². The van der Waals surface area contributed by atoms with E-state index in [4.69, 9.17) is 10.4 Å². The minimum Gasteiger partial charge on any atom is -0.426 e. The fourth-order valence-electron chi connectivity index (χ4n) is 2.23. The number of hydrogen-bond acceptors (Lipinski definition) is 3. The largest absolute Gasteiger partial charge is 0.426 e. The molecule has 0 heterocycles. The maximum absolute atomic E-state index is 6.10. The molecule has 0 saturated carbocycles. The highest BCUT2D eigenvalue weighted by molar-refractivity contribution is 6.80. The fraction of sp³-hybridized carbons (Fsp3) is 0.333. The second kappa shape index (κ2) is 10.2. The summed E-state index contributed by atoms with van der Waals surface area (Å²) in [6.45, 7) is 5.02. The van der Waals surface area contributed by atoms with Gasteiger partial charge in [-0.05, 0) is 17.8 Å². The van der Waals surface area contributed by atoms with Crippen LogP contribution in [0, 0.1) is 6.92 Å². The summed E-state index contributed by atoms with van der Waals surface area (Å²) >= 11 is 0. The first-order valence-electron chi connectivity index (χ1n) is 7.45. The zero-order chi connectivity index (χ0) is 14.9. The summed E-state index contributed by atoms with van der Waals surface area (Å²) in [6.07, 6.45) is 0. The summed E-state index contributed by atoms with van der Waals surface area (Å²) in [5, 5.41) is 3.25. The topological polar surface area (TPSA) is 47.3 Å². The molecule has 0 spiro atoms. The highest BCUT2D eigenvalue weighted by Crippen LogP contribution is 1.98.